The van der Waals surface area contributed by atoms with Crippen molar-refractivity contribution in [3.63, 3.8) is 0 Å². The van der Waals surface area contributed by atoms with Crippen molar-refractivity contribution >= 4 is 27.5 Å². The van der Waals surface area contributed by atoms with Crippen molar-refractivity contribution in [3.8, 4) is 0 Å². The molecular formula is C32H41N3O4S. The van der Waals surface area contributed by atoms with Gasteiger partial charge >= 0.3 is 0 Å². The predicted octanol–water partition coefficient (Wildman–Crippen LogP) is 5.45. The number of carbonyl (C=O) groups excluding carboxylic acids is 2. The Morgan fingerprint density at radius 1 is 0.850 bits per heavy atom. The second-order valence-corrected chi connectivity index (χ2v) is 12.1. The van der Waals surface area contributed by atoms with Crippen LogP contribution in [-0.2, 0) is 26.2 Å². The number of aryl methyl sites for hydroxylation is 4. The van der Waals surface area contributed by atoms with Crippen molar-refractivity contribution in [2.45, 2.75) is 71.9 Å². The van der Waals surface area contributed by atoms with Gasteiger partial charge in [0.25, 0.3) is 10.0 Å². The summed E-state index contributed by atoms with van der Waals surface area (Å²) in [6.45, 7) is 11.7. The average Bonchev–Trinajstić information content (AvgIpc) is 2.92. The van der Waals surface area contributed by atoms with Crippen molar-refractivity contribution in [1.82, 2.24) is 10.2 Å². The van der Waals surface area contributed by atoms with E-state index in [0.29, 0.717) is 18.7 Å². The van der Waals surface area contributed by atoms with E-state index in [4.69, 9.17) is 0 Å². The number of carbonyl (C=O) groups is 2. The first kappa shape index (κ1) is 30.9. The Hall–Kier alpha value is -3.65. The van der Waals surface area contributed by atoms with Gasteiger partial charge < -0.3 is 10.2 Å². The molecule has 214 valence electrons. The highest BCUT2D eigenvalue weighted by atomic mass is 32.2. The third-order valence-corrected chi connectivity index (χ3v) is 8.82. The third-order valence-electron chi connectivity index (χ3n) is 7.05. The van der Waals surface area contributed by atoms with Gasteiger partial charge in [-0.1, -0.05) is 73.5 Å². The fourth-order valence-corrected chi connectivity index (χ4v) is 6.17. The van der Waals surface area contributed by atoms with Crippen molar-refractivity contribution in [2.24, 2.45) is 0 Å². The zero-order valence-electron chi connectivity index (χ0n) is 24.4. The van der Waals surface area contributed by atoms with Gasteiger partial charge in [-0.25, -0.2) is 8.42 Å². The Balaban J connectivity index is 2.10. The summed E-state index contributed by atoms with van der Waals surface area (Å²) in [5.74, 6) is -0.692. The molecule has 0 bridgehead atoms. The van der Waals surface area contributed by atoms with E-state index >= 15 is 0 Å². The first-order chi connectivity index (χ1) is 19.0. The lowest BCUT2D eigenvalue weighted by molar-refractivity contribution is -0.140. The number of hydrogen-bond acceptors (Lipinski definition) is 4. The Morgan fingerprint density at radius 2 is 1.50 bits per heavy atom. The fraction of sp³-hybridized carbons (Fsp3) is 0.375. The molecule has 0 aromatic heterocycles. The monoisotopic (exact) mass is 563 g/mol. The van der Waals surface area contributed by atoms with E-state index in [1.165, 1.54) is 9.21 Å². The van der Waals surface area contributed by atoms with Crippen LogP contribution in [0.1, 0.15) is 54.5 Å². The summed E-state index contributed by atoms with van der Waals surface area (Å²) in [4.78, 5) is 29.0. The van der Waals surface area contributed by atoms with Gasteiger partial charge in [0.15, 0.2) is 0 Å². The smallest absolute Gasteiger partial charge is 0.264 e. The van der Waals surface area contributed by atoms with Gasteiger partial charge in [0, 0.05) is 13.1 Å². The molecule has 0 unspecified atom stereocenters. The normalized spacial score (nSPS) is 12.1. The molecule has 1 atom stereocenters. The van der Waals surface area contributed by atoms with Crippen molar-refractivity contribution in [2.75, 3.05) is 17.4 Å². The summed E-state index contributed by atoms with van der Waals surface area (Å²) >= 11 is 0. The van der Waals surface area contributed by atoms with Gasteiger partial charge in [-0.15, -0.1) is 0 Å². The highest BCUT2D eigenvalue weighted by molar-refractivity contribution is 7.92. The molecule has 0 aliphatic rings. The molecular weight excluding hydrogens is 522 g/mol. The summed E-state index contributed by atoms with van der Waals surface area (Å²) in [5.41, 5.74) is 4.97. The number of amides is 2. The van der Waals surface area contributed by atoms with Gasteiger partial charge in [0.05, 0.1) is 10.6 Å². The molecule has 0 heterocycles. The van der Waals surface area contributed by atoms with E-state index in [9.17, 15) is 18.0 Å². The number of benzene rings is 3. The lowest BCUT2D eigenvalue weighted by atomic mass is 10.1. The van der Waals surface area contributed by atoms with Crippen LogP contribution in [0.4, 0.5) is 5.69 Å². The number of nitrogens with one attached hydrogen (secondary N) is 1. The van der Waals surface area contributed by atoms with Crippen molar-refractivity contribution < 1.29 is 18.0 Å². The maximum Gasteiger partial charge on any atom is 0.264 e. The predicted molar refractivity (Wildman–Crippen MR) is 161 cm³/mol. The van der Waals surface area contributed by atoms with Gasteiger partial charge in [-0.2, -0.15) is 0 Å². The molecule has 3 aromatic rings. The number of sulfonamides is 1. The molecule has 3 rings (SSSR count). The topological polar surface area (TPSA) is 86.8 Å². The molecule has 0 fully saturated rings. The minimum absolute atomic E-state index is 0.101. The van der Waals surface area contributed by atoms with E-state index in [1.807, 2.05) is 77.9 Å². The summed E-state index contributed by atoms with van der Waals surface area (Å²) in [6, 6.07) is 19.0. The first-order valence-corrected chi connectivity index (χ1v) is 15.2. The van der Waals surface area contributed by atoms with E-state index < -0.39 is 28.5 Å². The third kappa shape index (κ3) is 7.30. The second kappa shape index (κ2) is 13.6. The van der Waals surface area contributed by atoms with Crippen LogP contribution in [0.25, 0.3) is 0 Å². The molecule has 0 spiro atoms. The minimum Gasteiger partial charge on any atom is -0.354 e. The Kier molecular flexibility index (Phi) is 10.5. The van der Waals surface area contributed by atoms with Crippen LogP contribution in [0.2, 0.25) is 0 Å². The summed E-state index contributed by atoms with van der Waals surface area (Å²) in [6.07, 6.45) is 1.16. The summed E-state index contributed by atoms with van der Waals surface area (Å²) < 4.78 is 29.3. The highest BCUT2D eigenvalue weighted by Gasteiger charge is 2.34. The van der Waals surface area contributed by atoms with E-state index in [1.54, 1.807) is 30.3 Å². The molecule has 2 amide bonds. The van der Waals surface area contributed by atoms with Gasteiger partial charge in [0.2, 0.25) is 11.8 Å². The Labute approximate surface area is 239 Å². The van der Waals surface area contributed by atoms with Crippen LogP contribution >= 0.6 is 0 Å². The summed E-state index contributed by atoms with van der Waals surface area (Å²) in [7, 11) is -4.10. The molecule has 1 N–H and O–H groups in total. The molecule has 0 radical (unpaired) electrons. The standard InChI is InChI=1S/C32H41N3O4S/c1-7-19-33-32(37)29(8-2)34(21-27-12-10-9-11-25(27)5)31(36)22-35(30-18-15-24(4)20-26(30)6)40(38,39)28-16-13-23(3)14-17-28/h9-18,20,29H,7-8,19,21-22H2,1-6H3,(H,33,37)/t29-/m0/s1. The van der Waals surface area contributed by atoms with Crippen LogP contribution in [0.3, 0.4) is 0 Å². The van der Waals surface area contributed by atoms with E-state index in [2.05, 4.69) is 5.32 Å². The second-order valence-electron chi connectivity index (χ2n) is 10.3. The minimum atomic E-state index is -4.10. The molecule has 0 aliphatic carbocycles. The lowest BCUT2D eigenvalue weighted by Crippen LogP contribution is -2.52. The van der Waals surface area contributed by atoms with Gasteiger partial charge in [0.1, 0.15) is 12.6 Å². The zero-order valence-corrected chi connectivity index (χ0v) is 25.2. The number of rotatable bonds is 12. The molecule has 0 saturated heterocycles. The van der Waals surface area contributed by atoms with Crippen LogP contribution in [0.15, 0.2) is 71.6 Å². The molecule has 8 heteroatoms. The first-order valence-electron chi connectivity index (χ1n) is 13.8. The molecule has 3 aromatic carbocycles. The maximum atomic E-state index is 14.2. The highest BCUT2D eigenvalue weighted by Crippen LogP contribution is 2.28. The fourth-order valence-electron chi connectivity index (χ4n) is 4.69. The van der Waals surface area contributed by atoms with Crippen molar-refractivity contribution in [1.29, 1.82) is 0 Å². The number of hydrogen-bond donors (Lipinski definition) is 1. The summed E-state index contributed by atoms with van der Waals surface area (Å²) in [5, 5.41) is 2.92. The largest absolute Gasteiger partial charge is 0.354 e. The Bertz CT molecular complexity index is 1430. The average molecular weight is 564 g/mol. The van der Waals surface area contributed by atoms with Gasteiger partial charge in [-0.05, 0) is 75.4 Å². The molecule has 40 heavy (non-hydrogen) atoms. The number of nitrogens with zero attached hydrogens (tertiary/aromatic N) is 2. The van der Waals surface area contributed by atoms with Crippen LogP contribution in [0.5, 0.6) is 0 Å². The van der Waals surface area contributed by atoms with E-state index in [-0.39, 0.29) is 17.3 Å². The zero-order chi connectivity index (χ0) is 29.4. The van der Waals surface area contributed by atoms with E-state index in [0.717, 1.165) is 34.2 Å². The van der Waals surface area contributed by atoms with Crippen LogP contribution in [0, 0.1) is 27.7 Å². The molecule has 0 aliphatic heterocycles. The lowest BCUT2D eigenvalue weighted by Gasteiger charge is -2.34. The van der Waals surface area contributed by atoms with Crippen LogP contribution < -0.4 is 9.62 Å². The maximum absolute atomic E-state index is 14.2. The Morgan fingerprint density at radius 3 is 2.10 bits per heavy atom. The molecule has 7 nitrogen and oxygen atoms in total. The quantitative estimate of drug-likeness (QED) is 0.318. The number of anilines is 1. The van der Waals surface area contributed by atoms with Crippen molar-refractivity contribution in [3.05, 3.63) is 94.5 Å². The SMILES string of the molecule is CCCNC(=O)[C@H](CC)N(Cc1ccccc1C)C(=O)CN(c1ccc(C)cc1C)S(=O)(=O)c1ccc(C)cc1. The molecule has 0 saturated carbocycles. The van der Waals surface area contributed by atoms with Crippen LogP contribution in [-0.4, -0.2) is 44.3 Å². The van der Waals surface area contributed by atoms with Gasteiger partial charge in [-0.3, -0.25) is 13.9 Å².